The smallest absolute Gasteiger partial charge is 0.338 e. The van der Waals surface area contributed by atoms with Gasteiger partial charge in [0.1, 0.15) is 0 Å². The molecule has 41 heavy (non-hydrogen) atoms. The highest BCUT2D eigenvalue weighted by Crippen LogP contribution is 2.34. The molecule has 0 radical (unpaired) electrons. The van der Waals surface area contributed by atoms with Gasteiger partial charge in [-0.2, -0.15) is 5.10 Å². The van der Waals surface area contributed by atoms with Crippen molar-refractivity contribution < 1.29 is 38.1 Å². The summed E-state index contributed by atoms with van der Waals surface area (Å²) in [4.78, 5) is 37.1. The number of ether oxygens (including phenoxy) is 5. The molecule has 2 aromatic carbocycles. The highest BCUT2D eigenvalue weighted by molar-refractivity contribution is 5.95. The van der Waals surface area contributed by atoms with Crippen molar-refractivity contribution in [1.29, 1.82) is 0 Å². The van der Waals surface area contributed by atoms with Crippen molar-refractivity contribution in [2.24, 2.45) is 5.10 Å². The van der Waals surface area contributed by atoms with Crippen molar-refractivity contribution in [3.05, 3.63) is 58.8 Å². The molecule has 1 heterocycles. The number of amides is 3. The summed E-state index contributed by atoms with van der Waals surface area (Å²) >= 11 is 0. The fourth-order valence-corrected chi connectivity index (χ4v) is 3.92. The average molecular weight is 569 g/mol. The number of hydrogen-bond donors (Lipinski definition) is 3. The highest BCUT2D eigenvalue weighted by atomic mass is 16.5. The first-order valence-corrected chi connectivity index (χ1v) is 13.1. The minimum atomic E-state index is -0.766. The van der Waals surface area contributed by atoms with Crippen LogP contribution in [0.25, 0.3) is 0 Å². The fraction of sp³-hybridized carbons (Fsp3) is 0.379. The Bertz CT molecular complexity index is 1320. The van der Waals surface area contributed by atoms with Crippen LogP contribution in [-0.2, 0) is 14.3 Å². The second kappa shape index (κ2) is 14.6. The molecule has 1 aliphatic rings. The van der Waals surface area contributed by atoms with Gasteiger partial charge in [-0.1, -0.05) is 13.0 Å². The van der Waals surface area contributed by atoms with E-state index in [0.29, 0.717) is 34.1 Å². The summed E-state index contributed by atoms with van der Waals surface area (Å²) in [5.74, 6) is 0.735. The summed E-state index contributed by atoms with van der Waals surface area (Å²) in [7, 11) is 3.00. The third-order valence-corrected chi connectivity index (χ3v) is 6.14. The van der Waals surface area contributed by atoms with E-state index in [4.69, 9.17) is 23.7 Å². The summed E-state index contributed by atoms with van der Waals surface area (Å²) in [6.45, 7) is 7.19. The van der Waals surface area contributed by atoms with Crippen LogP contribution in [0.15, 0.2) is 52.8 Å². The lowest BCUT2D eigenvalue weighted by molar-refractivity contribution is -0.139. The molecule has 0 aliphatic carbocycles. The van der Waals surface area contributed by atoms with Crippen LogP contribution in [0.1, 0.15) is 51.3 Å². The number of nitrogens with zero attached hydrogens (tertiary/aromatic N) is 1. The number of methoxy groups -OCH3 is 2. The molecule has 0 unspecified atom stereocenters. The van der Waals surface area contributed by atoms with Gasteiger partial charge in [0, 0.05) is 5.70 Å². The Morgan fingerprint density at radius 1 is 1.05 bits per heavy atom. The van der Waals surface area contributed by atoms with Crippen LogP contribution in [0.3, 0.4) is 0 Å². The van der Waals surface area contributed by atoms with E-state index in [0.717, 1.165) is 6.42 Å². The third-order valence-electron chi connectivity index (χ3n) is 6.14. The van der Waals surface area contributed by atoms with E-state index in [1.807, 2.05) is 13.8 Å². The zero-order chi connectivity index (χ0) is 29.9. The summed E-state index contributed by atoms with van der Waals surface area (Å²) in [5.41, 5.74) is 4.35. The van der Waals surface area contributed by atoms with Gasteiger partial charge in [0.15, 0.2) is 29.6 Å². The first kappa shape index (κ1) is 30.8. The van der Waals surface area contributed by atoms with E-state index in [9.17, 15) is 14.4 Å². The molecule has 0 spiro atoms. The summed E-state index contributed by atoms with van der Waals surface area (Å²) in [6, 6.07) is 9.00. The second-order valence-corrected chi connectivity index (χ2v) is 9.03. The van der Waals surface area contributed by atoms with Crippen molar-refractivity contribution >= 4 is 24.1 Å². The van der Waals surface area contributed by atoms with Gasteiger partial charge in [0.05, 0.1) is 44.8 Å². The number of nitrogens with one attached hydrogen (secondary N) is 3. The largest absolute Gasteiger partial charge is 0.493 e. The number of urea groups is 1. The molecule has 3 rings (SSSR count). The Morgan fingerprint density at radius 2 is 1.76 bits per heavy atom. The van der Waals surface area contributed by atoms with E-state index < -0.39 is 23.9 Å². The molecule has 2 atom stereocenters. The maximum Gasteiger partial charge on any atom is 0.338 e. The van der Waals surface area contributed by atoms with Crippen molar-refractivity contribution in [2.45, 2.75) is 46.3 Å². The molecule has 0 saturated heterocycles. The van der Waals surface area contributed by atoms with E-state index in [-0.39, 0.29) is 30.6 Å². The van der Waals surface area contributed by atoms with Gasteiger partial charge in [0.2, 0.25) is 0 Å². The summed E-state index contributed by atoms with van der Waals surface area (Å²) in [6.07, 6.45) is 2.39. The standard InChI is InChI=1S/C29H36N4O8/c1-7-17(3)41-22-11-9-19(13-23(22)37-5)15-30-33-25(34)16-40-21-12-10-20(14-24(21)38-6)27-26(28(35)39-8-2)18(4)31-29(36)32-27/h9-15,17,27H,7-8,16H2,1-6H3,(H,33,34)(H2,31,32,36)/b30-15-/t17-,27+/m0/s1. The van der Waals surface area contributed by atoms with Gasteiger partial charge in [-0.25, -0.2) is 15.0 Å². The lowest BCUT2D eigenvalue weighted by atomic mass is 9.95. The number of carbonyl (C=O) groups is 3. The van der Waals surface area contributed by atoms with Crippen molar-refractivity contribution in [2.75, 3.05) is 27.4 Å². The van der Waals surface area contributed by atoms with Crippen LogP contribution in [0.4, 0.5) is 4.79 Å². The number of hydrogen-bond acceptors (Lipinski definition) is 9. The number of allylic oxidation sites excluding steroid dienone is 1. The molecule has 0 saturated carbocycles. The number of hydrazone groups is 1. The molecular weight excluding hydrogens is 532 g/mol. The molecule has 220 valence electrons. The Hall–Kier alpha value is -4.74. The fourth-order valence-electron chi connectivity index (χ4n) is 3.92. The summed E-state index contributed by atoms with van der Waals surface area (Å²) in [5, 5.41) is 9.30. The van der Waals surface area contributed by atoms with Crippen molar-refractivity contribution in [3.8, 4) is 23.0 Å². The first-order chi connectivity index (χ1) is 19.7. The molecule has 1 aliphatic heterocycles. The second-order valence-electron chi connectivity index (χ2n) is 9.03. The zero-order valence-electron chi connectivity index (χ0n) is 24.0. The molecule has 12 heteroatoms. The third kappa shape index (κ3) is 8.13. The Morgan fingerprint density at radius 3 is 2.44 bits per heavy atom. The Balaban J connectivity index is 1.64. The molecular formula is C29H36N4O8. The number of benzene rings is 2. The summed E-state index contributed by atoms with van der Waals surface area (Å²) < 4.78 is 27.5. The minimum absolute atomic E-state index is 0.0473. The SMILES string of the molecule is CCOC(=O)C1=C(C)NC(=O)N[C@@H]1c1ccc(OCC(=O)N/N=C\c2ccc(O[C@@H](C)CC)c(OC)c2)c(OC)c1. The van der Waals surface area contributed by atoms with E-state index >= 15 is 0 Å². The molecule has 0 aromatic heterocycles. The minimum Gasteiger partial charge on any atom is -0.493 e. The van der Waals surface area contributed by atoms with Crippen LogP contribution >= 0.6 is 0 Å². The number of carbonyl (C=O) groups excluding carboxylic acids is 3. The maximum atomic E-state index is 12.6. The van der Waals surface area contributed by atoms with Gasteiger partial charge in [-0.3, -0.25) is 4.79 Å². The molecule has 0 bridgehead atoms. The highest BCUT2D eigenvalue weighted by Gasteiger charge is 2.32. The van der Waals surface area contributed by atoms with Crippen LogP contribution in [-0.4, -0.2) is 57.7 Å². The van der Waals surface area contributed by atoms with E-state index in [2.05, 4.69) is 21.2 Å². The average Bonchev–Trinajstić information content (AvgIpc) is 2.96. The van der Waals surface area contributed by atoms with Crippen LogP contribution in [0.5, 0.6) is 23.0 Å². The molecule has 12 nitrogen and oxygen atoms in total. The van der Waals surface area contributed by atoms with Gasteiger partial charge in [-0.05, 0) is 68.7 Å². The van der Waals surface area contributed by atoms with Gasteiger partial charge in [0.25, 0.3) is 5.91 Å². The lowest BCUT2D eigenvalue weighted by Crippen LogP contribution is -2.45. The predicted octanol–water partition coefficient (Wildman–Crippen LogP) is 3.60. The number of rotatable bonds is 13. The van der Waals surface area contributed by atoms with Crippen molar-refractivity contribution in [1.82, 2.24) is 16.1 Å². The Labute approximate surface area is 239 Å². The van der Waals surface area contributed by atoms with E-state index in [1.165, 1.54) is 13.3 Å². The van der Waals surface area contributed by atoms with Gasteiger partial charge in [-0.15, -0.1) is 0 Å². The molecule has 3 N–H and O–H groups in total. The Kier molecular flexibility index (Phi) is 11.0. The van der Waals surface area contributed by atoms with E-state index in [1.54, 1.807) is 57.4 Å². The quantitative estimate of drug-likeness (QED) is 0.189. The first-order valence-electron chi connectivity index (χ1n) is 13.1. The van der Waals surface area contributed by atoms with Crippen molar-refractivity contribution in [3.63, 3.8) is 0 Å². The van der Waals surface area contributed by atoms with Crippen LogP contribution < -0.4 is 35.0 Å². The van der Waals surface area contributed by atoms with Crippen LogP contribution in [0, 0.1) is 0 Å². The zero-order valence-corrected chi connectivity index (χ0v) is 24.0. The normalized spacial score (nSPS) is 15.5. The molecule has 0 fully saturated rings. The number of esters is 1. The maximum absolute atomic E-state index is 12.6. The molecule has 3 amide bonds. The predicted molar refractivity (Wildman–Crippen MR) is 151 cm³/mol. The molecule has 2 aromatic rings. The monoisotopic (exact) mass is 568 g/mol. The van der Waals surface area contributed by atoms with Gasteiger partial charge < -0.3 is 34.3 Å². The van der Waals surface area contributed by atoms with Crippen LogP contribution in [0.2, 0.25) is 0 Å². The van der Waals surface area contributed by atoms with Gasteiger partial charge >= 0.3 is 12.0 Å². The topological polar surface area (TPSA) is 146 Å². The lowest BCUT2D eigenvalue weighted by Gasteiger charge is -2.28.